The van der Waals surface area contributed by atoms with Gasteiger partial charge in [0.25, 0.3) is 0 Å². The molecule has 4 heterocycles. The summed E-state index contributed by atoms with van der Waals surface area (Å²) >= 11 is 0. The van der Waals surface area contributed by atoms with Crippen molar-refractivity contribution in [2.45, 2.75) is 70.6 Å². The molecule has 2 fully saturated rings. The van der Waals surface area contributed by atoms with Gasteiger partial charge in [0.2, 0.25) is 11.8 Å². The van der Waals surface area contributed by atoms with E-state index < -0.39 is 12.1 Å². The van der Waals surface area contributed by atoms with Gasteiger partial charge in [0, 0.05) is 13.1 Å². The van der Waals surface area contributed by atoms with Gasteiger partial charge in [-0.25, -0.2) is 14.8 Å². The molecule has 3 amide bonds. The number of nitrogens with one attached hydrogen (secondary N) is 3. The highest BCUT2D eigenvalue weighted by Gasteiger charge is 2.38. The lowest BCUT2D eigenvalue weighted by Gasteiger charge is -2.34. The number of imidazole rings is 2. The molecule has 4 atom stereocenters. The Labute approximate surface area is 322 Å². The summed E-state index contributed by atoms with van der Waals surface area (Å²) in [4.78, 5) is 61.4. The SMILES string of the molecule is CCN(CC)[C@@H](C(=O)N1CCC[C@H]1c1ncc(-c2ccc(-c3ccc(-c4cnc([C@H]5CCCN5C(=O)[C@@H](C)NC(=O)OC)[nH]4)cc3)cc2)[nH]1)c1ccccc1. The van der Waals surface area contributed by atoms with Gasteiger partial charge < -0.3 is 29.8 Å². The molecule has 2 aliphatic heterocycles. The standard InChI is InChI=1S/C43H50N8O4/c1-5-49(6-2)38(33-12-8-7-9-13-33)42(53)51-25-11-15-37(51)40-45-27-35(48-40)32-22-18-30(19-23-32)29-16-20-31(21-17-29)34-26-44-39(47-34)36-14-10-24-50(36)41(52)28(3)46-43(54)55-4/h7-9,12-13,16-23,26-28,36-38H,5-6,10-11,14-15,24-25H2,1-4H3,(H,44,47)(H,45,48)(H,46,54)/t28-,36-,37+,38-/m1/s1. The van der Waals surface area contributed by atoms with E-state index in [-0.39, 0.29) is 29.9 Å². The number of benzene rings is 3. The number of hydrogen-bond donors (Lipinski definition) is 3. The molecule has 7 rings (SSSR count). The van der Waals surface area contributed by atoms with Crippen molar-refractivity contribution in [3.05, 3.63) is 108 Å². The topological polar surface area (TPSA) is 140 Å². The van der Waals surface area contributed by atoms with Gasteiger partial charge in [-0.2, -0.15) is 0 Å². The van der Waals surface area contributed by atoms with Gasteiger partial charge in [-0.1, -0.05) is 92.7 Å². The number of likely N-dealkylation sites (N-methyl/N-ethyl adjacent to an activating group) is 1. The van der Waals surface area contributed by atoms with Crippen LogP contribution in [0, 0.1) is 0 Å². The molecule has 2 saturated heterocycles. The van der Waals surface area contributed by atoms with Crippen molar-refractivity contribution in [3.63, 3.8) is 0 Å². The Morgan fingerprint density at radius 1 is 0.745 bits per heavy atom. The van der Waals surface area contributed by atoms with Crippen molar-refractivity contribution >= 4 is 17.9 Å². The van der Waals surface area contributed by atoms with Crippen molar-refractivity contribution in [1.82, 2.24) is 40.0 Å². The normalized spacial score (nSPS) is 18.1. The molecule has 3 aromatic carbocycles. The first kappa shape index (κ1) is 37.6. The molecule has 12 heteroatoms. The van der Waals surface area contributed by atoms with E-state index >= 15 is 0 Å². The number of H-pyrrole nitrogens is 2. The van der Waals surface area contributed by atoms with Crippen LogP contribution in [0.4, 0.5) is 4.79 Å². The second-order valence-corrected chi connectivity index (χ2v) is 14.3. The fourth-order valence-corrected chi connectivity index (χ4v) is 8.06. The van der Waals surface area contributed by atoms with Crippen LogP contribution in [0.2, 0.25) is 0 Å². The number of hydrogen-bond acceptors (Lipinski definition) is 7. The number of methoxy groups -OCH3 is 1. The third-order valence-electron chi connectivity index (χ3n) is 11.0. The minimum Gasteiger partial charge on any atom is -0.453 e. The largest absolute Gasteiger partial charge is 0.453 e. The van der Waals surface area contributed by atoms with Crippen LogP contribution >= 0.6 is 0 Å². The summed E-state index contributed by atoms with van der Waals surface area (Å²) < 4.78 is 4.66. The third-order valence-corrected chi connectivity index (χ3v) is 11.0. The molecule has 286 valence electrons. The maximum atomic E-state index is 14.2. The van der Waals surface area contributed by atoms with Gasteiger partial charge in [0.1, 0.15) is 23.7 Å². The number of amides is 3. The van der Waals surface area contributed by atoms with Gasteiger partial charge in [-0.05, 0) is 73.5 Å². The lowest BCUT2D eigenvalue weighted by Crippen LogP contribution is -2.46. The van der Waals surface area contributed by atoms with Crippen LogP contribution in [0.5, 0.6) is 0 Å². The first-order valence-corrected chi connectivity index (χ1v) is 19.3. The number of ether oxygens (including phenoxy) is 1. The predicted molar refractivity (Wildman–Crippen MR) is 212 cm³/mol. The maximum absolute atomic E-state index is 14.2. The van der Waals surface area contributed by atoms with E-state index in [0.29, 0.717) is 6.54 Å². The summed E-state index contributed by atoms with van der Waals surface area (Å²) in [5.41, 5.74) is 7.01. The van der Waals surface area contributed by atoms with E-state index in [1.54, 1.807) is 11.8 Å². The number of aromatic amines is 2. The number of carbonyl (C=O) groups is 3. The molecule has 3 N–H and O–H groups in total. The van der Waals surface area contributed by atoms with E-state index in [1.807, 2.05) is 35.5 Å². The molecule has 0 saturated carbocycles. The van der Waals surface area contributed by atoms with E-state index in [9.17, 15) is 14.4 Å². The first-order chi connectivity index (χ1) is 26.8. The van der Waals surface area contributed by atoms with Crippen LogP contribution in [-0.2, 0) is 14.3 Å². The summed E-state index contributed by atoms with van der Waals surface area (Å²) in [5.74, 6) is 1.53. The number of likely N-dealkylation sites (tertiary alicyclic amines) is 2. The number of aromatic nitrogens is 4. The second kappa shape index (κ2) is 16.7. The highest BCUT2D eigenvalue weighted by Crippen LogP contribution is 2.36. The Balaban J connectivity index is 1.01. The van der Waals surface area contributed by atoms with Gasteiger partial charge in [-0.15, -0.1) is 0 Å². The fourth-order valence-electron chi connectivity index (χ4n) is 8.06. The molecular weight excluding hydrogens is 693 g/mol. The minimum atomic E-state index is -0.697. The molecule has 5 aromatic rings. The molecule has 0 unspecified atom stereocenters. The maximum Gasteiger partial charge on any atom is 0.407 e. The predicted octanol–water partition coefficient (Wildman–Crippen LogP) is 7.29. The van der Waals surface area contributed by atoms with Crippen LogP contribution in [0.15, 0.2) is 91.3 Å². The summed E-state index contributed by atoms with van der Waals surface area (Å²) in [6.07, 6.45) is 6.52. The van der Waals surface area contributed by atoms with E-state index in [4.69, 9.17) is 4.98 Å². The summed E-state index contributed by atoms with van der Waals surface area (Å²) in [6.45, 7) is 8.79. The van der Waals surface area contributed by atoms with Crippen molar-refractivity contribution < 1.29 is 19.1 Å². The fraction of sp³-hybridized carbons (Fsp3) is 0.372. The molecule has 0 spiro atoms. The summed E-state index contributed by atoms with van der Waals surface area (Å²) in [6, 6.07) is 25.6. The average Bonchev–Trinajstić information content (AvgIpc) is 4.07. The quantitative estimate of drug-likeness (QED) is 0.122. The van der Waals surface area contributed by atoms with Crippen LogP contribution in [0.1, 0.15) is 81.8 Å². The zero-order valence-electron chi connectivity index (χ0n) is 32.0. The zero-order chi connectivity index (χ0) is 38.5. The Kier molecular flexibility index (Phi) is 11.4. The Bertz CT molecular complexity index is 2070. The first-order valence-electron chi connectivity index (χ1n) is 19.3. The number of carbonyl (C=O) groups excluding carboxylic acids is 3. The van der Waals surface area contributed by atoms with Crippen molar-refractivity contribution in [1.29, 1.82) is 0 Å². The van der Waals surface area contributed by atoms with Crippen LogP contribution in [0.3, 0.4) is 0 Å². The monoisotopic (exact) mass is 742 g/mol. The highest BCUT2D eigenvalue weighted by atomic mass is 16.5. The molecular formula is C43H50N8O4. The molecule has 0 radical (unpaired) electrons. The lowest BCUT2D eigenvalue weighted by molar-refractivity contribution is -0.138. The molecule has 2 aromatic heterocycles. The van der Waals surface area contributed by atoms with Gasteiger partial charge in [0.15, 0.2) is 0 Å². The Morgan fingerprint density at radius 2 is 1.22 bits per heavy atom. The molecule has 55 heavy (non-hydrogen) atoms. The van der Waals surface area contributed by atoms with Crippen molar-refractivity contribution in [2.75, 3.05) is 33.3 Å². The number of nitrogens with zero attached hydrogens (tertiary/aromatic N) is 5. The molecule has 0 aliphatic carbocycles. The van der Waals surface area contributed by atoms with E-state index in [1.165, 1.54) is 7.11 Å². The minimum absolute atomic E-state index is 0.0922. The smallest absolute Gasteiger partial charge is 0.407 e. The van der Waals surface area contributed by atoms with Crippen molar-refractivity contribution in [3.8, 4) is 33.6 Å². The summed E-state index contributed by atoms with van der Waals surface area (Å²) in [7, 11) is 1.28. The number of rotatable bonds is 12. The van der Waals surface area contributed by atoms with E-state index in [2.05, 4.69) is 104 Å². The zero-order valence-corrected chi connectivity index (χ0v) is 32.0. The second-order valence-electron chi connectivity index (χ2n) is 14.3. The Hall–Kier alpha value is -5.75. The van der Waals surface area contributed by atoms with Crippen LogP contribution in [-0.4, -0.2) is 91.9 Å². The molecule has 2 aliphatic rings. The third kappa shape index (κ3) is 7.91. The highest BCUT2D eigenvalue weighted by molar-refractivity contribution is 5.86. The average molecular weight is 743 g/mol. The van der Waals surface area contributed by atoms with Crippen molar-refractivity contribution in [2.24, 2.45) is 0 Å². The molecule has 0 bridgehead atoms. The van der Waals surface area contributed by atoms with Gasteiger partial charge in [-0.3, -0.25) is 14.5 Å². The summed E-state index contributed by atoms with van der Waals surface area (Å²) in [5, 5.41) is 2.57. The van der Waals surface area contributed by atoms with Crippen LogP contribution in [0.25, 0.3) is 33.6 Å². The van der Waals surface area contributed by atoms with E-state index in [0.717, 1.165) is 96.2 Å². The number of alkyl carbamates (subject to hydrolysis) is 1. The van der Waals surface area contributed by atoms with Crippen LogP contribution < -0.4 is 5.32 Å². The van der Waals surface area contributed by atoms with Gasteiger partial charge >= 0.3 is 6.09 Å². The Morgan fingerprint density at radius 3 is 1.69 bits per heavy atom. The molecule has 12 nitrogen and oxygen atoms in total. The lowest BCUT2D eigenvalue weighted by atomic mass is 10.0. The van der Waals surface area contributed by atoms with Gasteiger partial charge in [0.05, 0.1) is 43.0 Å².